The Morgan fingerprint density at radius 1 is 1.04 bits per heavy atom. The van der Waals surface area contributed by atoms with Crippen molar-refractivity contribution >= 4 is 17.0 Å². The van der Waals surface area contributed by atoms with Gasteiger partial charge in [0.15, 0.2) is 0 Å². The van der Waals surface area contributed by atoms with Gasteiger partial charge in [-0.2, -0.15) is 0 Å². The fourth-order valence-electron chi connectivity index (χ4n) is 3.18. The molecular formula is C20H18N2O2. The highest BCUT2D eigenvalue weighted by Crippen LogP contribution is 2.23. The monoisotopic (exact) mass is 318 g/mol. The predicted molar refractivity (Wildman–Crippen MR) is 91.9 cm³/mol. The minimum Gasteiger partial charge on any atom is -0.456 e. The molecule has 0 saturated carbocycles. The number of carbonyl (C=O) groups is 1. The molecular weight excluding hydrogens is 300 g/mol. The molecule has 0 aliphatic heterocycles. The standard InChI is InChI=1S/C20H18N2O2/c1-13-19(22-18-8-3-2-7-17(18)21-13)12-24-20(23)16-10-9-14-5-4-6-15(14)11-16/h2-3,7-11H,4-6,12H2,1H3. The van der Waals surface area contributed by atoms with Gasteiger partial charge in [0, 0.05) is 0 Å². The number of hydrogen-bond donors (Lipinski definition) is 0. The molecule has 0 bridgehead atoms. The van der Waals surface area contributed by atoms with Crippen molar-refractivity contribution in [2.45, 2.75) is 32.8 Å². The van der Waals surface area contributed by atoms with Crippen LogP contribution in [0.25, 0.3) is 11.0 Å². The van der Waals surface area contributed by atoms with Gasteiger partial charge in [0.2, 0.25) is 0 Å². The molecule has 1 aliphatic carbocycles. The fraction of sp³-hybridized carbons (Fsp3) is 0.250. The lowest BCUT2D eigenvalue weighted by atomic mass is 10.1. The van der Waals surface area contributed by atoms with E-state index >= 15 is 0 Å². The van der Waals surface area contributed by atoms with Crippen LogP contribution in [0.15, 0.2) is 42.5 Å². The summed E-state index contributed by atoms with van der Waals surface area (Å²) in [5.41, 5.74) is 6.38. The van der Waals surface area contributed by atoms with Crippen LogP contribution in [0.4, 0.5) is 0 Å². The molecule has 1 heterocycles. The van der Waals surface area contributed by atoms with Crippen LogP contribution < -0.4 is 0 Å². The number of carbonyl (C=O) groups excluding carboxylic acids is 1. The first kappa shape index (κ1) is 14.8. The first-order chi connectivity index (χ1) is 11.7. The minimum atomic E-state index is -0.306. The number of ether oxygens (including phenoxy) is 1. The number of esters is 1. The fourth-order valence-corrected chi connectivity index (χ4v) is 3.18. The normalized spacial score (nSPS) is 13.0. The Morgan fingerprint density at radius 3 is 2.62 bits per heavy atom. The maximum atomic E-state index is 12.3. The van der Waals surface area contributed by atoms with Crippen molar-refractivity contribution in [1.82, 2.24) is 9.97 Å². The van der Waals surface area contributed by atoms with E-state index in [1.807, 2.05) is 49.4 Å². The molecule has 1 aliphatic rings. The Kier molecular flexibility index (Phi) is 3.73. The van der Waals surface area contributed by atoms with Gasteiger partial charge in [-0.15, -0.1) is 0 Å². The first-order valence-electron chi connectivity index (χ1n) is 8.22. The topological polar surface area (TPSA) is 52.1 Å². The van der Waals surface area contributed by atoms with Gasteiger partial charge in [-0.3, -0.25) is 0 Å². The SMILES string of the molecule is Cc1nc2ccccc2nc1COC(=O)c1ccc2c(c1)CCC2. The highest BCUT2D eigenvalue weighted by Gasteiger charge is 2.15. The van der Waals surface area contributed by atoms with Crippen LogP contribution >= 0.6 is 0 Å². The molecule has 2 aromatic carbocycles. The van der Waals surface area contributed by atoms with Gasteiger partial charge in [-0.05, 0) is 61.6 Å². The van der Waals surface area contributed by atoms with E-state index in [-0.39, 0.29) is 12.6 Å². The smallest absolute Gasteiger partial charge is 0.338 e. The molecule has 0 spiro atoms. The van der Waals surface area contributed by atoms with E-state index < -0.39 is 0 Å². The second kappa shape index (κ2) is 6.04. The maximum absolute atomic E-state index is 12.3. The Bertz CT molecular complexity index is 934. The Balaban J connectivity index is 1.52. The zero-order valence-electron chi connectivity index (χ0n) is 13.6. The number of aryl methyl sites for hydroxylation is 3. The summed E-state index contributed by atoms with van der Waals surface area (Å²) < 4.78 is 5.46. The Hall–Kier alpha value is -2.75. The molecule has 4 heteroatoms. The van der Waals surface area contributed by atoms with E-state index in [2.05, 4.69) is 9.97 Å². The lowest BCUT2D eigenvalue weighted by molar-refractivity contribution is 0.0467. The summed E-state index contributed by atoms with van der Waals surface area (Å²) in [5, 5.41) is 0. The predicted octanol–water partition coefficient (Wildman–Crippen LogP) is 3.78. The van der Waals surface area contributed by atoms with Crippen LogP contribution in [0.3, 0.4) is 0 Å². The molecule has 0 fully saturated rings. The van der Waals surface area contributed by atoms with Crippen molar-refractivity contribution in [2.75, 3.05) is 0 Å². The van der Waals surface area contributed by atoms with Crippen LogP contribution in [0, 0.1) is 6.92 Å². The summed E-state index contributed by atoms with van der Waals surface area (Å²) in [5.74, 6) is -0.306. The molecule has 24 heavy (non-hydrogen) atoms. The van der Waals surface area contributed by atoms with Crippen LogP contribution in [0.2, 0.25) is 0 Å². The summed E-state index contributed by atoms with van der Waals surface area (Å²) in [6.07, 6.45) is 3.32. The third kappa shape index (κ3) is 2.75. The van der Waals surface area contributed by atoms with Crippen molar-refractivity contribution in [3.63, 3.8) is 0 Å². The van der Waals surface area contributed by atoms with Gasteiger partial charge in [0.25, 0.3) is 0 Å². The number of para-hydroxylation sites is 2. The number of rotatable bonds is 3. The molecule has 0 unspecified atom stereocenters. The Labute approximate surface area is 140 Å². The van der Waals surface area contributed by atoms with E-state index in [0.717, 1.165) is 29.6 Å². The van der Waals surface area contributed by atoms with Crippen molar-refractivity contribution < 1.29 is 9.53 Å². The maximum Gasteiger partial charge on any atom is 0.338 e. The molecule has 3 aromatic rings. The lowest BCUT2D eigenvalue weighted by Gasteiger charge is -2.09. The zero-order chi connectivity index (χ0) is 16.5. The molecule has 120 valence electrons. The first-order valence-corrected chi connectivity index (χ1v) is 8.22. The minimum absolute atomic E-state index is 0.138. The summed E-state index contributed by atoms with van der Waals surface area (Å²) in [4.78, 5) is 21.4. The zero-order valence-corrected chi connectivity index (χ0v) is 13.6. The van der Waals surface area contributed by atoms with Gasteiger partial charge >= 0.3 is 5.97 Å². The van der Waals surface area contributed by atoms with Crippen molar-refractivity contribution in [2.24, 2.45) is 0 Å². The summed E-state index contributed by atoms with van der Waals surface area (Å²) in [6.45, 7) is 2.03. The molecule has 4 nitrogen and oxygen atoms in total. The van der Waals surface area contributed by atoms with E-state index in [0.29, 0.717) is 11.3 Å². The molecule has 0 radical (unpaired) electrons. The number of hydrogen-bond acceptors (Lipinski definition) is 4. The van der Waals surface area contributed by atoms with E-state index in [1.54, 1.807) is 0 Å². The third-order valence-corrected chi connectivity index (χ3v) is 4.52. The van der Waals surface area contributed by atoms with Gasteiger partial charge in [-0.1, -0.05) is 18.2 Å². The molecule has 0 amide bonds. The van der Waals surface area contributed by atoms with Crippen LogP contribution in [-0.4, -0.2) is 15.9 Å². The number of aromatic nitrogens is 2. The molecule has 0 atom stereocenters. The van der Waals surface area contributed by atoms with Crippen LogP contribution in [0.5, 0.6) is 0 Å². The second-order valence-corrected chi connectivity index (χ2v) is 6.16. The van der Waals surface area contributed by atoms with E-state index in [4.69, 9.17) is 4.74 Å². The molecule has 0 N–H and O–H groups in total. The average Bonchev–Trinajstić information content (AvgIpc) is 3.07. The summed E-state index contributed by atoms with van der Waals surface area (Å²) in [6, 6.07) is 13.6. The average molecular weight is 318 g/mol. The van der Waals surface area contributed by atoms with Crippen molar-refractivity contribution in [3.8, 4) is 0 Å². The second-order valence-electron chi connectivity index (χ2n) is 6.16. The van der Waals surface area contributed by atoms with Gasteiger partial charge in [0.05, 0.1) is 28.0 Å². The third-order valence-electron chi connectivity index (χ3n) is 4.52. The number of fused-ring (bicyclic) bond motifs is 2. The Morgan fingerprint density at radius 2 is 1.79 bits per heavy atom. The highest BCUT2D eigenvalue weighted by molar-refractivity contribution is 5.89. The van der Waals surface area contributed by atoms with Gasteiger partial charge < -0.3 is 4.74 Å². The number of nitrogens with zero attached hydrogens (tertiary/aromatic N) is 2. The van der Waals surface area contributed by atoms with Crippen LogP contribution in [0.1, 0.15) is 39.3 Å². The summed E-state index contributed by atoms with van der Waals surface area (Å²) in [7, 11) is 0. The van der Waals surface area contributed by atoms with Crippen LogP contribution in [-0.2, 0) is 24.2 Å². The van der Waals surface area contributed by atoms with Crippen molar-refractivity contribution in [3.05, 3.63) is 70.5 Å². The van der Waals surface area contributed by atoms with Gasteiger partial charge in [0.1, 0.15) is 6.61 Å². The van der Waals surface area contributed by atoms with Gasteiger partial charge in [-0.25, -0.2) is 14.8 Å². The van der Waals surface area contributed by atoms with E-state index in [9.17, 15) is 4.79 Å². The molecule has 1 aromatic heterocycles. The molecule has 0 saturated heterocycles. The number of benzene rings is 2. The van der Waals surface area contributed by atoms with Crippen molar-refractivity contribution in [1.29, 1.82) is 0 Å². The quantitative estimate of drug-likeness (QED) is 0.690. The molecule has 4 rings (SSSR count). The lowest BCUT2D eigenvalue weighted by Crippen LogP contribution is -2.08. The summed E-state index contributed by atoms with van der Waals surface area (Å²) >= 11 is 0. The largest absolute Gasteiger partial charge is 0.456 e. The highest BCUT2D eigenvalue weighted by atomic mass is 16.5. The van der Waals surface area contributed by atoms with E-state index in [1.165, 1.54) is 17.5 Å².